The third-order valence-electron chi connectivity index (χ3n) is 7.77. The molecule has 0 bridgehead atoms. The fraction of sp³-hybridized carbons (Fsp3) is 0.323. The Morgan fingerprint density at radius 1 is 0.944 bits per heavy atom. The molecular formula is C31H32N2O3. The van der Waals surface area contributed by atoms with Gasteiger partial charge in [0.1, 0.15) is 6.04 Å². The van der Waals surface area contributed by atoms with Gasteiger partial charge in [0.2, 0.25) is 5.91 Å². The summed E-state index contributed by atoms with van der Waals surface area (Å²) >= 11 is 0. The highest BCUT2D eigenvalue weighted by atomic mass is 16.4. The molecule has 5 nitrogen and oxygen atoms in total. The van der Waals surface area contributed by atoms with Crippen molar-refractivity contribution in [3.63, 3.8) is 0 Å². The standard InChI is InChI=1S/C31H32N2O3/c1-30(2)14-15-31(3,4)24-18-25-22(17-23(24)30)27(20-10-12-21(13-11-20)29(35)36)32-26(28(34)33-25)16-19-8-6-5-7-9-19/h5-13,17-18,26H,14-16H2,1-4H3,(H,33,34)(H,35,36)/t26-/m0/s1. The normalized spacial score (nSPS) is 19.8. The summed E-state index contributed by atoms with van der Waals surface area (Å²) < 4.78 is 0. The van der Waals surface area contributed by atoms with Crippen LogP contribution in [0.5, 0.6) is 0 Å². The Morgan fingerprint density at radius 2 is 1.56 bits per heavy atom. The van der Waals surface area contributed by atoms with Crippen LogP contribution in [0.2, 0.25) is 0 Å². The summed E-state index contributed by atoms with van der Waals surface area (Å²) in [6, 6.07) is 20.4. The van der Waals surface area contributed by atoms with Crippen molar-refractivity contribution < 1.29 is 14.7 Å². The predicted octanol–water partition coefficient (Wildman–Crippen LogP) is 6.13. The topological polar surface area (TPSA) is 78.8 Å². The van der Waals surface area contributed by atoms with Crippen LogP contribution in [0, 0.1) is 0 Å². The fourth-order valence-corrected chi connectivity index (χ4v) is 5.39. The fourth-order valence-electron chi connectivity index (χ4n) is 5.39. The van der Waals surface area contributed by atoms with Crippen molar-refractivity contribution in [1.82, 2.24) is 0 Å². The van der Waals surface area contributed by atoms with E-state index in [9.17, 15) is 14.7 Å². The van der Waals surface area contributed by atoms with Crippen LogP contribution in [0.4, 0.5) is 5.69 Å². The molecule has 0 unspecified atom stereocenters. The molecule has 0 aromatic heterocycles. The number of rotatable bonds is 4. The van der Waals surface area contributed by atoms with Gasteiger partial charge in [0.15, 0.2) is 0 Å². The van der Waals surface area contributed by atoms with Crippen LogP contribution in [0.1, 0.15) is 78.7 Å². The first-order chi connectivity index (χ1) is 17.0. The highest BCUT2D eigenvalue weighted by Crippen LogP contribution is 2.48. The average Bonchev–Trinajstić information content (AvgIpc) is 2.98. The Bertz CT molecular complexity index is 1370. The molecule has 0 saturated carbocycles. The number of hydrogen-bond acceptors (Lipinski definition) is 3. The van der Waals surface area contributed by atoms with E-state index >= 15 is 0 Å². The SMILES string of the molecule is CC1(C)CCC(C)(C)c2cc3c(cc21)NC(=O)[C@H](Cc1ccccc1)N=C3c1ccc(C(=O)O)cc1. The Balaban J connectivity index is 1.70. The lowest BCUT2D eigenvalue weighted by molar-refractivity contribution is -0.117. The van der Waals surface area contributed by atoms with E-state index in [2.05, 4.69) is 45.1 Å². The van der Waals surface area contributed by atoms with Crippen molar-refractivity contribution in [3.8, 4) is 0 Å². The first kappa shape index (κ1) is 24.0. The summed E-state index contributed by atoms with van der Waals surface area (Å²) in [6.07, 6.45) is 2.64. The maximum atomic E-state index is 13.5. The molecule has 1 aliphatic carbocycles. The zero-order valence-electron chi connectivity index (χ0n) is 21.3. The van der Waals surface area contributed by atoms with E-state index in [0.717, 1.165) is 35.2 Å². The molecule has 0 saturated heterocycles. The van der Waals surface area contributed by atoms with Gasteiger partial charge >= 0.3 is 5.97 Å². The third kappa shape index (κ3) is 4.34. The van der Waals surface area contributed by atoms with Gasteiger partial charge in [-0.25, -0.2) is 4.79 Å². The van der Waals surface area contributed by atoms with Gasteiger partial charge in [0.25, 0.3) is 0 Å². The van der Waals surface area contributed by atoms with Crippen LogP contribution in [0.15, 0.2) is 71.7 Å². The molecule has 3 aromatic rings. The van der Waals surface area contributed by atoms with E-state index in [1.165, 1.54) is 11.1 Å². The van der Waals surface area contributed by atoms with E-state index in [4.69, 9.17) is 4.99 Å². The summed E-state index contributed by atoms with van der Waals surface area (Å²) in [4.78, 5) is 29.9. The van der Waals surface area contributed by atoms with Gasteiger partial charge in [-0.1, -0.05) is 70.2 Å². The smallest absolute Gasteiger partial charge is 0.335 e. The van der Waals surface area contributed by atoms with Crippen molar-refractivity contribution in [2.75, 3.05) is 5.32 Å². The van der Waals surface area contributed by atoms with Crippen LogP contribution < -0.4 is 5.32 Å². The van der Waals surface area contributed by atoms with Crippen LogP contribution in [-0.4, -0.2) is 28.7 Å². The summed E-state index contributed by atoms with van der Waals surface area (Å²) in [6.45, 7) is 9.09. The molecule has 0 spiro atoms. The average molecular weight is 481 g/mol. The molecule has 1 amide bonds. The van der Waals surface area contributed by atoms with Crippen LogP contribution in [-0.2, 0) is 22.0 Å². The quantitative estimate of drug-likeness (QED) is 0.471. The van der Waals surface area contributed by atoms with Gasteiger partial charge in [-0.3, -0.25) is 9.79 Å². The van der Waals surface area contributed by atoms with Crippen LogP contribution >= 0.6 is 0 Å². The second kappa shape index (κ2) is 8.74. The predicted molar refractivity (Wildman–Crippen MR) is 143 cm³/mol. The van der Waals surface area contributed by atoms with Crippen LogP contribution in [0.3, 0.4) is 0 Å². The largest absolute Gasteiger partial charge is 0.478 e. The summed E-state index contributed by atoms with van der Waals surface area (Å²) in [5.41, 5.74) is 6.95. The van der Waals surface area contributed by atoms with Crippen molar-refractivity contribution >= 4 is 23.3 Å². The van der Waals surface area contributed by atoms with Gasteiger partial charge < -0.3 is 10.4 Å². The molecule has 3 aromatic carbocycles. The minimum Gasteiger partial charge on any atom is -0.478 e. The van der Waals surface area contributed by atoms with E-state index in [1.54, 1.807) is 24.3 Å². The Hall–Kier alpha value is -3.73. The van der Waals surface area contributed by atoms with E-state index in [0.29, 0.717) is 12.1 Å². The number of nitrogens with zero attached hydrogens (tertiary/aromatic N) is 1. The molecule has 0 fully saturated rings. The Kier molecular flexibility index (Phi) is 5.82. The minimum atomic E-state index is -0.971. The third-order valence-corrected chi connectivity index (χ3v) is 7.77. The number of carboxylic acid groups (broad SMARTS) is 1. The first-order valence-corrected chi connectivity index (χ1v) is 12.5. The number of amides is 1. The van der Waals surface area contributed by atoms with Crippen molar-refractivity contribution in [1.29, 1.82) is 0 Å². The number of carbonyl (C=O) groups excluding carboxylic acids is 1. The van der Waals surface area contributed by atoms with Crippen LogP contribution in [0.25, 0.3) is 0 Å². The number of nitrogens with one attached hydrogen (secondary N) is 1. The number of benzene rings is 3. The van der Waals surface area contributed by atoms with E-state index in [1.807, 2.05) is 30.3 Å². The van der Waals surface area contributed by atoms with Gasteiger partial charge in [-0.05, 0) is 64.6 Å². The van der Waals surface area contributed by atoms with Crippen molar-refractivity contribution in [3.05, 3.63) is 100 Å². The molecule has 1 aliphatic heterocycles. The molecule has 5 rings (SSSR count). The lowest BCUT2D eigenvalue weighted by atomic mass is 9.62. The summed E-state index contributed by atoms with van der Waals surface area (Å²) in [7, 11) is 0. The summed E-state index contributed by atoms with van der Waals surface area (Å²) in [5, 5.41) is 12.6. The Morgan fingerprint density at radius 3 is 2.17 bits per heavy atom. The number of aliphatic imine (C=N–C) groups is 1. The number of carbonyl (C=O) groups is 2. The van der Waals surface area contributed by atoms with Gasteiger partial charge in [-0.15, -0.1) is 0 Å². The molecule has 36 heavy (non-hydrogen) atoms. The van der Waals surface area contributed by atoms with Crippen molar-refractivity contribution in [2.24, 2.45) is 4.99 Å². The Labute approximate surface area is 212 Å². The number of anilines is 1. The molecule has 2 aliphatic rings. The molecule has 184 valence electrons. The lowest BCUT2D eigenvalue weighted by Gasteiger charge is -2.42. The number of carboxylic acids is 1. The number of fused-ring (bicyclic) bond motifs is 2. The minimum absolute atomic E-state index is 0.000791. The van der Waals surface area contributed by atoms with Gasteiger partial charge in [0.05, 0.1) is 17.0 Å². The molecule has 1 heterocycles. The zero-order chi connectivity index (χ0) is 25.7. The number of hydrogen-bond donors (Lipinski definition) is 2. The highest BCUT2D eigenvalue weighted by Gasteiger charge is 2.39. The summed E-state index contributed by atoms with van der Waals surface area (Å²) in [5.74, 6) is -1.10. The maximum Gasteiger partial charge on any atom is 0.335 e. The highest BCUT2D eigenvalue weighted by molar-refractivity contribution is 6.20. The molecule has 1 atom stereocenters. The molecular weight excluding hydrogens is 448 g/mol. The molecule has 2 N–H and O–H groups in total. The molecule has 5 heteroatoms. The monoisotopic (exact) mass is 480 g/mol. The zero-order valence-corrected chi connectivity index (χ0v) is 21.3. The van der Waals surface area contributed by atoms with E-state index < -0.39 is 12.0 Å². The van der Waals surface area contributed by atoms with Gasteiger partial charge in [-0.2, -0.15) is 0 Å². The maximum absolute atomic E-state index is 13.5. The second-order valence-electron chi connectivity index (χ2n) is 11.3. The molecule has 0 radical (unpaired) electrons. The first-order valence-electron chi connectivity index (χ1n) is 12.5. The number of aromatic carboxylic acids is 1. The van der Waals surface area contributed by atoms with E-state index in [-0.39, 0.29) is 22.3 Å². The van der Waals surface area contributed by atoms with Gasteiger partial charge in [0, 0.05) is 17.5 Å². The second-order valence-corrected chi connectivity index (χ2v) is 11.3. The lowest BCUT2D eigenvalue weighted by Crippen LogP contribution is -2.34. The van der Waals surface area contributed by atoms with Crippen molar-refractivity contribution in [2.45, 2.75) is 63.8 Å².